The minimum Gasteiger partial charge on any atom is -0.364 e. The van der Waals surface area contributed by atoms with Crippen molar-refractivity contribution in [1.82, 2.24) is 14.8 Å². The molecule has 0 aliphatic carbocycles. The number of aromatic nitrogens is 3. The van der Waals surface area contributed by atoms with E-state index < -0.39 is 12.8 Å². The van der Waals surface area contributed by atoms with Gasteiger partial charge in [0.2, 0.25) is 0 Å². The highest BCUT2D eigenvalue weighted by molar-refractivity contribution is 6.16. The molecule has 8 heteroatoms. The summed E-state index contributed by atoms with van der Waals surface area (Å²) >= 11 is 5.59. The second-order valence-electron chi connectivity index (χ2n) is 3.02. The summed E-state index contributed by atoms with van der Waals surface area (Å²) < 4.78 is 41.6. The molecular formula is C8H11ClF3N3O. The van der Waals surface area contributed by atoms with Gasteiger partial charge in [-0.05, 0) is 6.92 Å². The monoisotopic (exact) mass is 257 g/mol. The van der Waals surface area contributed by atoms with Gasteiger partial charge in [-0.3, -0.25) is 0 Å². The second kappa shape index (κ2) is 5.49. The maximum atomic E-state index is 11.8. The van der Waals surface area contributed by atoms with Crippen molar-refractivity contribution in [2.45, 2.75) is 32.1 Å². The number of hydrogen-bond donors (Lipinski definition) is 0. The molecule has 0 bridgehead atoms. The predicted molar refractivity (Wildman–Crippen MR) is 51.0 cm³/mol. The van der Waals surface area contributed by atoms with Crippen molar-refractivity contribution in [3.05, 3.63) is 11.6 Å². The Hall–Kier alpha value is -0.820. The Labute approximate surface area is 95.4 Å². The van der Waals surface area contributed by atoms with Crippen LogP contribution < -0.4 is 0 Å². The molecule has 1 aromatic heterocycles. The molecule has 0 aliphatic heterocycles. The lowest BCUT2D eigenvalue weighted by Gasteiger charge is -2.08. The molecule has 0 unspecified atom stereocenters. The van der Waals surface area contributed by atoms with Gasteiger partial charge < -0.3 is 9.30 Å². The summed E-state index contributed by atoms with van der Waals surface area (Å²) in [5.74, 6) is 1.04. The van der Waals surface area contributed by atoms with Crippen LogP contribution in [0.15, 0.2) is 0 Å². The van der Waals surface area contributed by atoms with Crippen LogP contribution in [0.2, 0.25) is 0 Å². The molecule has 1 heterocycles. The number of halogens is 4. The molecule has 92 valence electrons. The molecule has 0 saturated heterocycles. The van der Waals surface area contributed by atoms with Gasteiger partial charge in [-0.2, -0.15) is 13.2 Å². The summed E-state index contributed by atoms with van der Waals surface area (Å²) in [4.78, 5) is 0. The van der Waals surface area contributed by atoms with Crippen LogP contribution in [0, 0.1) is 0 Å². The Morgan fingerprint density at radius 1 is 1.31 bits per heavy atom. The van der Waals surface area contributed by atoms with E-state index in [4.69, 9.17) is 11.6 Å². The number of ether oxygens (including phenoxy) is 1. The van der Waals surface area contributed by atoms with E-state index in [1.165, 1.54) is 0 Å². The first-order valence-electron chi connectivity index (χ1n) is 4.59. The zero-order chi connectivity index (χ0) is 12.2. The molecule has 0 aliphatic rings. The van der Waals surface area contributed by atoms with E-state index in [1.54, 1.807) is 4.57 Å². The average molecular weight is 258 g/mol. The zero-order valence-corrected chi connectivity index (χ0v) is 9.35. The first-order chi connectivity index (χ1) is 7.48. The van der Waals surface area contributed by atoms with E-state index in [1.807, 2.05) is 6.92 Å². The molecule has 1 aromatic rings. The number of nitrogens with zero attached hydrogens (tertiary/aromatic N) is 3. The third kappa shape index (κ3) is 3.64. The van der Waals surface area contributed by atoms with Crippen LogP contribution in [0.25, 0.3) is 0 Å². The topological polar surface area (TPSA) is 39.9 Å². The van der Waals surface area contributed by atoms with E-state index in [0.29, 0.717) is 18.2 Å². The van der Waals surface area contributed by atoms with Crippen LogP contribution >= 0.6 is 11.6 Å². The van der Waals surface area contributed by atoms with Crippen molar-refractivity contribution in [3.63, 3.8) is 0 Å². The fourth-order valence-corrected chi connectivity index (χ4v) is 1.40. The summed E-state index contributed by atoms with van der Waals surface area (Å²) in [6.45, 7) is 0.851. The standard InChI is InChI=1S/C8H11ClF3N3O/c1-2-15-6(3-9)13-14-7(15)4-16-5-8(10,11)12/h2-5H2,1H3. The Morgan fingerprint density at radius 3 is 2.44 bits per heavy atom. The fourth-order valence-electron chi connectivity index (χ4n) is 1.20. The third-order valence-corrected chi connectivity index (χ3v) is 2.08. The Kier molecular flexibility index (Phi) is 4.55. The SMILES string of the molecule is CCn1c(CCl)nnc1COCC(F)(F)F. The summed E-state index contributed by atoms with van der Waals surface area (Å²) in [7, 11) is 0. The highest BCUT2D eigenvalue weighted by Gasteiger charge is 2.27. The highest BCUT2D eigenvalue weighted by Crippen LogP contribution is 2.15. The van der Waals surface area contributed by atoms with E-state index in [2.05, 4.69) is 14.9 Å². The summed E-state index contributed by atoms with van der Waals surface area (Å²) in [6.07, 6.45) is -4.33. The lowest BCUT2D eigenvalue weighted by atomic mass is 10.5. The molecular weight excluding hydrogens is 247 g/mol. The maximum Gasteiger partial charge on any atom is 0.411 e. The van der Waals surface area contributed by atoms with E-state index in [9.17, 15) is 13.2 Å². The molecule has 0 amide bonds. The molecule has 0 spiro atoms. The highest BCUT2D eigenvalue weighted by atomic mass is 35.5. The smallest absolute Gasteiger partial charge is 0.364 e. The van der Waals surface area contributed by atoms with Gasteiger partial charge in [-0.1, -0.05) is 0 Å². The number of rotatable bonds is 5. The maximum absolute atomic E-state index is 11.8. The van der Waals surface area contributed by atoms with Crippen molar-refractivity contribution in [3.8, 4) is 0 Å². The number of hydrogen-bond acceptors (Lipinski definition) is 3. The Bertz CT molecular complexity index is 340. The van der Waals surface area contributed by atoms with Crippen LogP contribution in [0.5, 0.6) is 0 Å². The first-order valence-corrected chi connectivity index (χ1v) is 5.12. The van der Waals surface area contributed by atoms with Crippen molar-refractivity contribution >= 4 is 11.6 Å². The largest absolute Gasteiger partial charge is 0.411 e. The molecule has 0 fully saturated rings. The predicted octanol–water partition coefficient (Wildman–Crippen LogP) is 2.12. The Morgan fingerprint density at radius 2 is 1.94 bits per heavy atom. The molecule has 4 nitrogen and oxygen atoms in total. The summed E-state index contributed by atoms with van der Waals surface area (Å²) in [6, 6.07) is 0. The molecule has 0 radical (unpaired) electrons. The van der Waals surface area contributed by atoms with Gasteiger partial charge in [-0.15, -0.1) is 21.8 Å². The van der Waals surface area contributed by atoms with E-state index in [-0.39, 0.29) is 12.5 Å². The van der Waals surface area contributed by atoms with Crippen LogP contribution in [0.4, 0.5) is 13.2 Å². The van der Waals surface area contributed by atoms with Crippen LogP contribution in [-0.4, -0.2) is 27.5 Å². The quantitative estimate of drug-likeness (QED) is 0.759. The third-order valence-electron chi connectivity index (χ3n) is 1.84. The van der Waals surface area contributed by atoms with E-state index in [0.717, 1.165) is 0 Å². The summed E-state index contributed by atoms with van der Waals surface area (Å²) in [5.41, 5.74) is 0. The lowest BCUT2D eigenvalue weighted by molar-refractivity contribution is -0.177. The van der Waals surface area contributed by atoms with Crippen molar-refractivity contribution in [1.29, 1.82) is 0 Å². The van der Waals surface area contributed by atoms with Gasteiger partial charge in [-0.25, -0.2) is 0 Å². The van der Waals surface area contributed by atoms with E-state index >= 15 is 0 Å². The Balaban J connectivity index is 2.57. The lowest BCUT2D eigenvalue weighted by Crippen LogP contribution is -2.18. The van der Waals surface area contributed by atoms with Crippen LogP contribution in [-0.2, 0) is 23.8 Å². The van der Waals surface area contributed by atoms with Gasteiger partial charge in [0, 0.05) is 6.54 Å². The second-order valence-corrected chi connectivity index (χ2v) is 3.29. The van der Waals surface area contributed by atoms with Gasteiger partial charge >= 0.3 is 6.18 Å². The number of alkyl halides is 4. The normalized spacial score (nSPS) is 12.1. The average Bonchev–Trinajstić information content (AvgIpc) is 2.58. The molecule has 1 rings (SSSR count). The molecule has 16 heavy (non-hydrogen) atoms. The van der Waals surface area contributed by atoms with Crippen molar-refractivity contribution in [2.24, 2.45) is 0 Å². The van der Waals surface area contributed by atoms with Crippen LogP contribution in [0.1, 0.15) is 18.6 Å². The van der Waals surface area contributed by atoms with Crippen molar-refractivity contribution in [2.75, 3.05) is 6.61 Å². The van der Waals surface area contributed by atoms with Gasteiger partial charge in [0.15, 0.2) is 5.82 Å². The van der Waals surface area contributed by atoms with Gasteiger partial charge in [0.1, 0.15) is 19.0 Å². The van der Waals surface area contributed by atoms with Crippen LogP contribution in [0.3, 0.4) is 0 Å². The van der Waals surface area contributed by atoms with Crippen molar-refractivity contribution < 1.29 is 17.9 Å². The van der Waals surface area contributed by atoms with Gasteiger partial charge in [0.25, 0.3) is 0 Å². The minimum atomic E-state index is -4.33. The zero-order valence-electron chi connectivity index (χ0n) is 8.59. The molecule has 0 saturated carbocycles. The molecule has 0 atom stereocenters. The molecule has 0 N–H and O–H groups in total. The summed E-state index contributed by atoms with van der Waals surface area (Å²) in [5, 5.41) is 7.45. The first kappa shape index (κ1) is 13.2. The minimum absolute atomic E-state index is 0.167. The molecule has 0 aromatic carbocycles. The fraction of sp³-hybridized carbons (Fsp3) is 0.750. The van der Waals surface area contributed by atoms with Gasteiger partial charge in [0.05, 0.1) is 5.88 Å².